The van der Waals surface area contributed by atoms with Crippen molar-refractivity contribution in [2.24, 2.45) is 0 Å². The van der Waals surface area contributed by atoms with Crippen molar-refractivity contribution in [1.82, 2.24) is 0 Å². The molecule has 0 aliphatic rings. The summed E-state index contributed by atoms with van der Waals surface area (Å²) in [6.45, 7) is 4.17. The van der Waals surface area contributed by atoms with Crippen LogP contribution in [0.25, 0.3) is 22.1 Å². The van der Waals surface area contributed by atoms with Crippen molar-refractivity contribution in [2.75, 3.05) is 14.2 Å². The highest BCUT2D eigenvalue weighted by atomic mass is 16.5. The second kappa shape index (κ2) is 6.29. The smallest absolute Gasteiger partial charge is 0.368 e. The Hall–Kier alpha value is -2.55. The van der Waals surface area contributed by atoms with Gasteiger partial charge in [-0.05, 0) is 48.9 Å². The molecule has 0 unspecified atom stereocenters. The fraction of sp³-hybridized carbons (Fsp3) is 0.250. The minimum absolute atomic E-state index is 0.827. The van der Waals surface area contributed by atoms with Crippen LogP contribution in [0.5, 0.6) is 11.5 Å². The lowest BCUT2D eigenvalue weighted by molar-refractivity contribution is 0.414. The minimum Gasteiger partial charge on any atom is -0.497 e. The van der Waals surface area contributed by atoms with Crippen LogP contribution in [0.2, 0.25) is 0 Å². The van der Waals surface area contributed by atoms with Crippen molar-refractivity contribution in [3.63, 3.8) is 0 Å². The Morgan fingerprint density at radius 3 is 2.13 bits per heavy atom. The van der Waals surface area contributed by atoms with E-state index in [4.69, 9.17) is 13.9 Å². The van der Waals surface area contributed by atoms with E-state index in [2.05, 4.69) is 13.0 Å². The van der Waals surface area contributed by atoms with Crippen molar-refractivity contribution in [2.45, 2.75) is 20.3 Å². The summed E-state index contributed by atoms with van der Waals surface area (Å²) >= 11 is 0. The summed E-state index contributed by atoms with van der Waals surface area (Å²) in [5, 5.41) is 2.28. The molecule has 1 heterocycles. The zero-order chi connectivity index (χ0) is 16.4. The normalized spacial score (nSPS) is 10.8. The van der Waals surface area contributed by atoms with E-state index in [-0.39, 0.29) is 0 Å². The van der Waals surface area contributed by atoms with E-state index in [9.17, 15) is 0 Å². The molecule has 0 saturated carbocycles. The number of hydrogen-bond acceptors (Lipinski definition) is 2. The maximum absolute atomic E-state index is 6.18. The van der Waals surface area contributed by atoms with Crippen LogP contribution < -0.4 is 9.47 Å². The predicted octanol–water partition coefficient (Wildman–Crippen LogP) is 5.27. The maximum atomic E-state index is 6.18. The van der Waals surface area contributed by atoms with Crippen LogP contribution in [0.4, 0.5) is 0 Å². The topological polar surface area (TPSA) is 29.8 Å². The number of fused-ring (bicyclic) bond motifs is 1. The fourth-order valence-corrected chi connectivity index (χ4v) is 2.96. The molecule has 3 nitrogen and oxygen atoms in total. The van der Waals surface area contributed by atoms with Gasteiger partial charge in [-0.3, -0.25) is 0 Å². The summed E-state index contributed by atoms with van der Waals surface area (Å²) in [5.74, 6) is 3.47. The van der Waals surface area contributed by atoms with Crippen LogP contribution in [0.1, 0.15) is 18.2 Å². The summed E-state index contributed by atoms with van der Waals surface area (Å²) in [6, 6.07) is 14.1. The Kier molecular flexibility index (Phi) is 4.20. The van der Waals surface area contributed by atoms with Crippen LogP contribution in [-0.4, -0.2) is 14.2 Å². The molecule has 118 valence electrons. The van der Waals surface area contributed by atoms with Gasteiger partial charge in [0.25, 0.3) is 0 Å². The fourth-order valence-electron chi connectivity index (χ4n) is 2.96. The van der Waals surface area contributed by atoms with Crippen molar-refractivity contribution >= 4 is 10.8 Å². The molecule has 0 atom stereocenters. The molecule has 2 aromatic carbocycles. The molecule has 0 aliphatic heterocycles. The Balaban J connectivity index is 2.29. The summed E-state index contributed by atoms with van der Waals surface area (Å²) in [5.41, 5.74) is 2.26. The molecule has 0 N–H and O–H groups in total. The summed E-state index contributed by atoms with van der Waals surface area (Å²) in [7, 11) is 3.35. The standard InChI is InChI=1S/C20H21O3/c1-5-17-13(2)23-20(14-6-8-15(21-3)9-7-14)19-12-16(22-4)10-11-18(17)19/h6-12H,5H2,1-4H3/q+1. The Morgan fingerprint density at radius 2 is 1.52 bits per heavy atom. The van der Waals surface area contributed by atoms with E-state index in [0.29, 0.717) is 0 Å². The molecule has 23 heavy (non-hydrogen) atoms. The third-order valence-corrected chi connectivity index (χ3v) is 4.18. The molecule has 0 fully saturated rings. The highest BCUT2D eigenvalue weighted by Gasteiger charge is 2.23. The first-order valence-electron chi connectivity index (χ1n) is 7.75. The number of rotatable bonds is 4. The molecule has 0 radical (unpaired) electrons. The van der Waals surface area contributed by atoms with Gasteiger partial charge in [-0.2, -0.15) is 0 Å². The van der Waals surface area contributed by atoms with Gasteiger partial charge >= 0.3 is 11.5 Å². The van der Waals surface area contributed by atoms with E-state index >= 15 is 0 Å². The summed E-state index contributed by atoms with van der Waals surface area (Å²) in [6.07, 6.45) is 0.932. The minimum atomic E-state index is 0.827. The van der Waals surface area contributed by atoms with Crippen LogP contribution in [0.15, 0.2) is 46.9 Å². The number of ether oxygens (including phenoxy) is 2. The highest BCUT2D eigenvalue weighted by molar-refractivity contribution is 5.96. The van der Waals surface area contributed by atoms with Gasteiger partial charge in [-0.1, -0.05) is 6.92 Å². The molecule has 3 heteroatoms. The monoisotopic (exact) mass is 309 g/mol. The van der Waals surface area contributed by atoms with Crippen LogP contribution >= 0.6 is 0 Å². The van der Waals surface area contributed by atoms with E-state index in [0.717, 1.165) is 40.4 Å². The largest absolute Gasteiger partial charge is 0.497 e. The molecule has 0 spiro atoms. The molecule has 3 rings (SSSR count). The van der Waals surface area contributed by atoms with Crippen LogP contribution in [0, 0.1) is 6.92 Å². The Bertz CT molecular complexity index is 836. The van der Waals surface area contributed by atoms with Gasteiger partial charge in [-0.25, -0.2) is 4.42 Å². The van der Waals surface area contributed by atoms with Crippen LogP contribution in [0.3, 0.4) is 0 Å². The number of hydrogen-bond donors (Lipinski definition) is 0. The second-order valence-corrected chi connectivity index (χ2v) is 5.46. The molecule has 0 bridgehead atoms. The predicted molar refractivity (Wildman–Crippen MR) is 93.3 cm³/mol. The van der Waals surface area contributed by atoms with Crippen molar-refractivity contribution in [3.8, 4) is 22.8 Å². The first-order valence-corrected chi connectivity index (χ1v) is 7.75. The van der Waals surface area contributed by atoms with Gasteiger partial charge in [-0.15, -0.1) is 0 Å². The first kappa shape index (κ1) is 15.3. The lowest BCUT2D eigenvalue weighted by Crippen LogP contribution is -1.94. The second-order valence-electron chi connectivity index (χ2n) is 5.46. The van der Waals surface area contributed by atoms with Gasteiger partial charge in [0.1, 0.15) is 11.5 Å². The van der Waals surface area contributed by atoms with E-state index in [1.807, 2.05) is 43.3 Å². The van der Waals surface area contributed by atoms with Gasteiger partial charge in [0.2, 0.25) is 0 Å². The lowest BCUT2D eigenvalue weighted by Gasteiger charge is -2.07. The molecular formula is C20H21O3+. The maximum Gasteiger partial charge on any atom is 0.368 e. The van der Waals surface area contributed by atoms with Gasteiger partial charge in [0.15, 0.2) is 0 Å². The molecular weight excluding hydrogens is 288 g/mol. The number of aryl methyl sites for hydroxylation is 2. The zero-order valence-electron chi connectivity index (χ0n) is 14.0. The molecule has 1 aromatic heterocycles. The van der Waals surface area contributed by atoms with Gasteiger partial charge in [0, 0.05) is 5.39 Å². The summed E-state index contributed by atoms with van der Waals surface area (Å²) in [4.78, 5) is 0. The number of benzene rings is 2. The quantitative estimate of drug-likeness (QED) is 0.615. The van der Waals surface area contributed by atoms with Crippen molar-refractivity contribution in [1.29, 1.82) is 0 Å². The number of methoxy groups -OCH3 is 2. The van der Waals surface area contributed by atoms with E-state index in [1.165, 1.54) is 10.9 Å². The molecule has 0 saturated heterocycles. The highest BCUT2D eigenvalue weighted by Crippen LogP contribution is 2.36. The third-order valence-electron chi connectivity index (χ3n) is 4.18. The average Bonchev–Trinajstić information content (AvgIpc) is 2.61. The zero-order valence-corrected chi connectivity index (χ0v) is 14.0. The third kappa shape index (κ3) is 2.74. The van der Waals surface area contributed by atoms with Gasteiger partial charge in [0.05, 0.1) is 37.7 Å². The van der Waals surface area contributed by atoms with Crippen LogP contribution in [-0.2, 0) is 6.42 Å². The van der Waals surface area contributed by atoms with E-state index < -0.39 is 0 Å². The molecule has 3 aromatic rings. The first-order chi connectivity index (χ1) is 11.2. The van der Waals surface area contributed by atoms with Crippen molar-refractivity contribution < 1.29 is 13.9 Å². The molecule has 0 aliphatic carbocycles. The summed E-state index contributed by atoms with van der Waals surface area (Å²) < 4.78 is 16.8. The Labute approximate surface area is 136 Å². The van der Waals surface area contributed by atoms with E-state index in [1.54, 1.807) is 14.2 Å². The van der Waals surface area contributed by atoms with Gasteiger partial charge < -0.3 is 9.47 Å². The van der Waals surface area contributed by atoms with Crippen molar-refractivity contribution in [3.05, 3.63) is 53.8 Å². The Morgan fingerprint density at radius 1 is 0.870 bits per heavy atom. The molecule has 0 amide bonds. The lowest BCUT2D eigenvalue weighted by atomic mass is 9.99. The SMILES string of the molecule is CCc1c(C)[o+]c(-c2ccc(OC)cc2)c2cc(OC)ccc12. The average molecular weight is 309 g/mol.